The van der Waals surface area contributed by atoms with Crippen molar-refractivity contribution in [2.24, 2.45) is 0 Å². The minimum Gasteiger partial charge on any atom is -0.392 e. The van der Waals surface area contributed by atoms with Crippen LogP contribution in [0.25, 0.3) is 0 Å². The molecule has 106 valence electrons. The molecule has 0 spiro atoms. The SMILES string of the molecule is OC(CSc1ccccc1F)Cc1cccc(Cl)c1Cl. The first-order valence-corrected chi connectivity index (χ1v) is 7.80. The second-order valence-corrected chi connectivity index (χ2v) is 6.16. The highest BCUT2D eigenvalue weighted by Gasteiger charge is 2.12. The number of benzene rings is 2. The molecule has 0 bridgehead atoms. The van der Waals surface area contributed by atoms with Crippen LogP contribution in [0.5, 0.6) is 0 Å². The molecule has 20 heavy (non-hydrogen) atoms. The van der Waals surface area contributed by atoms with Gasteiger partial charge in [0.1, 0.15) is 5.82 Å². The lowest BCUT2D eigenvalue weighted by Crippen LogP contribution is -2.14. The fourth-order valence-electron chi connectivity index (χ4n) is 1.77. The van der Waals surface area contributed by atoms with Crippen molar-refractivity contribution in [2.45, 2.75) is 17.4 Å². The standard InChI is InChI=1S/C15H13Cl2FOS/c16-12-5-3-4-10(15(12)17)8-11(19)9-20-14-7-2-1-6-13(14)18/h1-7,11,19H,8-9H2. The van der Waals surface area contributed by atoms with Crippen molar-refractivity contribution >= 4 is 35.0 Å². The van der Waals surface area contributed by atoms with E-state index >= 15 is 0 Å². The predicted molar refractivity (Wildman–Crippen MR) is 83.3 cm³/mol. The number of hydrogen-bond acceptors (Lipinski definition) is 2. The van der Waals surface area contributed by atoms with Crippen LogP contribution in [0.4, 0.5) is 4.39 Å². The van der Waals surface area contributed by atoms with Crippen LogP contribution in [-0.2, 0) is 6.42 Å². The van der Waals surface area contributed by atoms with E-state index in [1.807, 2.05) is 6.07 Å². The van der Waals surface area contributed by atoms with Gasteiger partial charge >= 0.3 is 0 Å². The average Bonchev–Trinajstić information content (AvgIpc) is 2.43. The molecule has 0 amide bonds. The fraction of sp³-hybridized carbons (Fsp3) is 0.200. The Morgan fingerprint density at radius 1 is 1.10 bits per heavy atom. The molecule has 0 saturated carbocycles. The van der Waals surface area contributed by atoms with Crippen LogP contribution in [0, 0.1) is 5.82 Å². The van der Waals surface area contributed by atoms with E-state index in [0.717, 1.165) is 5.56 Å². The minimum atomic E-state index is -0.615. The van der Waals surface area contributed by atoms with E-state index in [1.165, 1.54) is 17.8 Å². The second-order valence-electron chi connectivity index (χ2n) is 4.31. The largest absolute Gasteiger partial charge is 0.392 e. The van der Waals surface area contributed by atoms with Crippen molar-refractivity contribution < 1.29 is 9.50 Å². The summed E-state index contributed by atoms with van der Waals surface area (Å²) in [6.07, 6.45) is -0.225. The van der Waals surface area contributed by atoms with Crippen molar-refractivity contribution in [3.8, 4) is 0 Å². The molecule has 0 radical (unpaired) electrons. The molecule has 1 nitrogen and oxygen atoms in total. The van der Waals surface area contributed by atoms with Gasteiger partial charge < -0.3 is 5.11 Å². The number of hydrogen-bond donors (Lipinski definition) is 1. The van der Waals surface area contributed by atoms with Gasteiger partial charge in [-0.15, -0.1) is 11.8 Å². The molecule has 0 fully saturated rings. The molecular formula is C15H13Cl2FOS. The van der Waals surface area contributed by atoms with Gasteiger partial charge in [0, 0.05) is 17.1 Å². The van der Waals surface area contributed by atoms with E-state index in [2.05, 4.69) is 0 Å². The molecule has 5 heteroatoms. The van der Waals surface area contributed by atoms with E-state index in [1.54, 1.807) is 30.3 Å². The summed E-state index contributed by atoms with van der Waals surface area (Å²) in [5, 5.41) is 11.0. The monoisotopic (exact) mass is 330 g/mol. The zero-order chi connectivity index (χ0) is 14.5. The van der Waals surface area contributed by atoms with E-state index < -0.39 is 6.10 Å². The Morgan fingerprint density at radius 2 is 1.85 bits per heavy atom. The highest BCUT2D eigenvalue weighted by Crippen LogP contribution is 2.28. The lowest BCUT2D eigenvalue weighted by Gasteiger charge is -2.12. The van der Waals surface area contributed by atoms with Crippen LogP contribution in [0.3, 0.4) is 0 Å². The summed E-state index contributed by atoms with van der Waals surface area (Å²) in [5.74, 6) is 0.120. The summed E-state index contributed by atoms with van der Waals surface area (Å²) in [4.78, 5) is 0.531. The minimum absolute atomic E-state index is 0.273. The molecule has 1 atom stereocenters. The van der Waals surface area contributed by atoms with Crippen LogP contribution in [-0.4, -0.2) is 17.0 Å². The highest BCUT2D eigenvalue weighted by atomic mass is 35.5. The van der Waals surface area contributed by atoms with Crippen LogP contribution in [0.2, 0.25) is 10.0 Å². The van der Waals surface area contributed by atoms with Crippen molar-refractivity contribution in [2.75, 3.05) is 5.75 Å². The van der Waals surface area contributed by atoms with Gasteiger partial charge in [0.05, 0.1) is 16.1 Å². The number of thioether (sulfide) groups is 1. The van der Waals surface area contributed by atoms with Crippen LogP contribution >= 0.6 is 35.0 Å². The zero-order valence-electron chi connectivity index (χ0n) is 10.5. The smallest absolute Gasteiger partial charge is 0.136 e. The van der Waals surface area contributed by atoms with Gasteiger partial charge in [0.15, 0.2) is 0 Å². The third-order valence-corrected chi connectivity index (χ3v) is 4.81. The van der Waals surface area contributed by atoms with Crippen molar-refractivity contribution in [3.63, 3.8) is 0 Å². The topological polar surface area (TPSA) is 20.2 Å². The summed E-state index contributed by atoms with van der Waals surface area (Å²) in [5.41, 5.74) is 0.792. The number of rotatable bonds is 5. The Kier molecular flexibility index (Phi) is 5.73. The molecular weight excluding hydrogens is 318 g/mol. The summed E-state index contributed by atoms with van der Waals surface area (Å²) >= 11 is 13.3. The Balaban J connectivity index is 1.94. The second kappa shape index (κ2) is 7.32. The van der Waals surface area contributed by atoms with Gasteiger partial charge in [0.2, 0.25) is 0 Å². The fourth-order valence-corrected chi connectivity index (χ4v) is 3.03. The van der Waals surface area contributed by atoms with Crippen LogP contribution in [0.15, 0.2) is 47.4 Å². The highest BCUT2D eigenvalue weighted by molar-refractivity contribution is 7.99. The van der Waals surface area contributed by atoms with Gasteiger partial charge in [-0.2, -0.15) is 0 Å². The van der Waals surface area contributed by atoms with Gasteiger partial charge in [-0.1, -0.05) is 47.5 Å². The first-order chi connectivity index (χ1) is 9.58. The maximum atomic E-state index is 13.4. The molecule has 0 aliphatic rings. The van der Waals surface area contributed by atoms with Gasteiger partial charge in [-0.25, -0.2) is 4.39 Å². The third kappa shape index (κ3) is 4.13. The zero-order valence-corrected chi connectivity index (χ0v) is 12.9. The first kappa shape index (κ1) is 15.6. The molecule has 2 aromatic rings. The maximum absolute atomic E-state index is 13.4. The lowest BCUT2D eigenvalue weighted by molar-refractivity contribution is 0.200. The molecule has 0 saturated heterocycles. The van der Waals surface area contributed by atoms with E-state index in [4.69, 9.17) is 23.2 Å². The van der Waals surface area contributed by atoms with Crippen molar-refractivity contribution in [1.29, 1.82) is 0 Å². The van der Waals surface area contributed by atoms with Crippen LogP contribution in [0.1, 0.15) is 5.56 Å². The molecule has 2 rings (SSSR count). The summed E-state index contributed by atoms with van der Waals surface area (Å²) < 4.78 is 13.4. The molecule has 0 aromatic heterocycles. The van der Waals surface area contributed by atoms with E-state index in [9.17, 15) is 9.50 Å². The summed E-state index contributed by atoms with van der Waals surface area (Å²) in [6.45, 7) is 0. The third-order valence-electron chi connectivity index (χ3n) is 2.75. The van der Waals surface area contributed by atoms with Crippen molar-refractivity contribution in [1.82, 2.24) is 0 Å². The molecule has 1 unspecified atom stereocenters. The maximum Gasteiger partial charge on any atom is 0.136 e. The molecule has 0 aliphatic heterocycles. The molecule has 0 heterocycles. The number of aliphatic hydroxyl groups excluding tert-OH is 1. The lowest BCUT2D eigenvalue weighted by atomic mass is 10.1. The predicted octanol–water partition coefficient (Wildman–Crippen LogP) is 4.83. The molecule has 1 N–H and O–H groups in total. The average molecular weight is 331 g/mol. The number of halogens is 3. The Morgan fingerprint density at radius 3 is 2.60 bits per heavy atom. The quantitative estimate of drug-likeness (QED) is 0.792. The Hall–Kier alpha value is -0.740. The summed E-state index contributed by atoms with van der Waals surface area (Å²) in [7, 11) is 0. The van der Waals surface area contributed by atoms with Gasteiger partial charge in [0.25, 0.3) is 0 Å². The Labute approximate surface area is 131 Å². The van der Waals surface area contributed by atoms with Gasteiger partial charge in [-0.3, -0.25) is 0 Å². The van der Waals surface area contributed by atoms with E-state index in [-0.39, 0.29) is 5.82 Å². The van der Waals surface area contributed by atoms with Gasteiger partial charge in [-0.05, 0) is 23.8 Å². The summed E-state index contributed by atoms with van der Waals surface area (Å²) in [6, 6.07) is 11.8. The van der Waals surface area contributed by atoms with E-state index in [0.29, 0.717) is 27.1 Å². The van der Waals surface area contributed by atoms with Crippen LogP contribution < -0.4 is 0 Å². The molecule has 0 aliphatic carbocycles. The normalized spacial score (nSPS) is 12.4. The van der Waals surface area contributed by atoms with Crippen molar-refractivity contribution in [3.05, 3.63) is 63.9 Å². The Bertz CT molecular complexity index is 592. The number of aliphatic hydroxyl groups is 1. The first-order valence-electron chi connectivity index (χ1n) is 6.06. The molecule has 2 aromatic carbocycles.